The number of nitrogens with one attached hydrogen (secondary N) is 1. The van der Waals surface area contributed by atoms with Crippen LogP contribution in [0.2, 0.25) is 0 Å². The average Bonchev–Trinajstić information content (AvgIpc) is 2.70. The Hall–Kier alpha value is -1.07. The number of nitrogens with zero attached hydrogens (tertiary/aromatic N) is 3. The van der Waals surface area contributed by atoms with E-state index in [1.54, 1.807) is 0 Å². The smallest absolute Gasteiger partial charge is 0.131 e. The van der Waals surface area contributed by atoms with E-state index in [9.17, 15) is 0 Å². The van der Waals surface area contributed by atoms with Crippen LogP contribution in [-0.2, 0) is 18.3 Å². The molecule has 1 aromatic heterocycles. The molecule has 5 heteroatoms. The number of piperidine rings is 1. The molecule has 0 aliphatic carbocycles. The standard InChI is InChI=1S/C15H28N4O/c1-11(2)16-9-14-12(3)17-18(4)15(14)19-8-6-7-13(10-19)20-5/h11,13,16H,6-10H2,1-5H3. The van der Waals surface area contributed by atoms with Crippen LogP contribution in [0.15, 0.2) is 0 Å². The van der Waals surface area contributed by atoms with Crippen LogP contribution in [0.4, 0.5) is 5.82 Å². The van der Waals surface area contributed by atoms with Gasteiger partial charge in [0.2, 0.25) is 0 Å². The van der Waals surface area contributed by atoms with Crippen molar-refractivity contribution in [2.24, 2.45) is 7.05 Å². The average molecular weight is 280 g/mol. The van der Waals surface area contributed by atoms with Gasteiger partial charge in [-0.15, -0.1) is 0 Å². The minimum atomic E-state index is 0.338. The van der Waals surface area contributed by atoms with Gasteiger partial charge in [0.1, 0.15) is 5.82 Å². The number of ether oxygens (including phenoxy) is 1. The van der Waals surface area contributed by atoms with Crippen molar-refractivity contribution in [3.05, 3.63) is 11.3 Å². The van der Waals surface area contributed by atoms with Crippen LogP contribution in [0.5, 0.6) is 0 Å². The van der Waals surface area contributed by atoms with Gasteiger partial charge >= 0.3 is 0 Å². The summed E-state index contributed by atoms with van der Waals surface area (Å²) in [7, 11) is 3.85. The Labute approximate surface area is 122 Å². The number of aromatic nitrogens is 2. The molecule has 1 aromatic rings. The van der Waals surface area contributed by atoms with Crippen LogP contribution in [0, 0.1) is 6.92 Å². The van der Waals surface area contributed by atoms with Gasteiger partial charge in [-0.25, -0.2) is 0 Å². The van der Waals surface area contributed by atoms with E-state index in [1.807, 2.05) is 18.8 Å². The van der Waals surface area contributed by atoms with Crippen molar-refractivity contribution in [2.45, 2.75) is 52.3 Å². The molecule has 1 fully saturated rings. The highest BCUT2D eigenvalue weighted by molar-refractivity contribution is 5.50. The molecule has 1 N–H and O–H groups in total. The molecule has 2 heterocycles. The molecule has 20 heavy (non-hydrogen) atoms. The van der Waals surface area contributed by atoms with Crippen molar-refractivity contribution in [3.8, 4) is 0 Å². The predicted octanol–water partition coefficient (Wildman–Crippen LogP) is 1.84. The van der Waals surface area contributed by atoms with Crippen LogP contribution in [-0.4, -0.2) is 42.1 Å². The molecule has 2 rings (SSSR count). The molecular weight excluding hydrogens is 252 g/mol. The first-order valence-corrected chi connectivity index (χ1v) is 7.56. The molecular formula is C15H28N4O. The van der Waals surface area contributed by atoms with Crippen LogP contribution < -0.4 is 10.2 Å². The van der Waals surface area contributed by atoms with Gasteiger partial charge in [0.15, 0.2) is 0 Å². The summed E-state index contributed by atoms with van der Waals surface area (Å²) in [6.07, 6.45) is 2.67. The molecule has 1 saturated heterocycles. The van der Waals surface area contributed by atoms with Gasteiger partial charge in [0.25, 0.3) is 0 Å². The Morgan fingerprint density at radius 3 is 2.85 bits per heavy atom. The van der Waals surface area contributed by atoms with Crippen molar-refractivity contribution in [3.63, 3.8) is 0 Å². The quantitative estimate of drug-likeness (QED) is 0.894. The van der Waals surface area contributed by atoms with E-state index >= 15 is 0 Å². The Kier molecular flexibility index (Phi) is 5.05. The molecule has 1 atom stereocenters. The van der Waals surface area contributed by atoms with Gasteiger partial charge in [-0.2, -0.15) is 5.10 Å². The number of methoxy groups -OCH3 is 1. The SMILES string of the molecule is COC1CCCN(c2c(CNC(C)C)c(C)nn2C)C1. The Balaban J connectivity index is 2.21. The van der Waals surface area contributed by atoms with Crippen molar-refractivity contribution in [1.82, 2.24) is 15.1 Å². The van der Waals surface area contributed by atoms with Crippen molar-refractivity contribution >= 4 is 5.82 Å². The van der Waals surface area contributed by atoms with Gasteiger partial charge in [-0.05, 0) is 19.8 Å². The van der Waals surface area contributed by atoms with E-state index in [-0.39, 0.29) is 0 Å². The Morgan fingerprint density at radius 2 is 2.20 bits per heavy atom. The van der Waals surface area contributed by atoms with Crippen LogP contribution in [0.25, 0.3) is 0 Å². The van der Waals surface area contributed by atoms with E-state index in [2.05, 4.69) is 36.1 Å². The van der Waals surface area contributed by atoms with Gasteiger partial charge in [-0.1, -0.05) is 13.8 Å². The van der Waals surface area contributed by atoms with Crippen LogP contribution in [0.1, 0.15) is 37.9 Å². The van der Waals surface area contributed by atoms with Crippen molar-refractivity contribution in [2.75, 3.05) is 25.1 Å². The monoisotopic (exact) mass is 280 g/mol. The van der Waals surface area contributed by atoms with Gasteiger partial charge in [-0.3, -0.25) is 4.68 Å². The van der Waals surface area contributed by atoms with E-state index in [0.717, 1.165) is 31.7 Å². The lowest BCUT2D eigenvalue weighted by molar-refractivity contribution is 0.0889. The van der Waals surface area contributed by atoms with E-state index in [4.69, 9.17) is 4.74 Å². The maximum absolute atomic E-state index is 5.54. The molecule has 0 aromatic carbocycles. The minimum absolute atomic E-state index is 0.338. The fourth-order valence-corrected chi connectivity index (χ4v) is 2.92. The molecule has 1 aliphatic rings. The first-order valence-electron chi connectivity index (χ1n) is 7.56. The van der Waals surface area contributed by atoms with E-state index in [0.29, 0.717) is 12.1 Å². The van der Waals surface area contributed by atoms with Crippen LogP contribution in [0.3, 0.4) is 0 Å². The summed E-state index contributed by atoms with van der Waals surface area (Å²) in [5.74, 6) is 1.25. The number of rotatable bonds is 5. The van der Waals surface area contributed by atoms with E-state index in [1.165, 1.54) is 17.8 Å². The summed E-state index contributed by atoms with van der Waals surface area (Å²) in [5, 5.41) is 8.12. The summed E-state index contributed by atoms with van der Waals surface area (Å²) in [6.45, 7) is 9.37. The fourth-order valence-electron chi connectivity index (χ4n) is 2.92. The van der Waals surface area contributed by atoms with Gasteiger partial charge in [0, 0.05) is 45.4 Å². The molecule has 0 saturated carbocycles. The summed E-state index contributed by atoms with van der Waals surface area (Å²) in [5.41, 5.74) is 2.44. The van der Waals surface area contributed by atoms with Gasteiger partial charge < -0.3 is 15.0 Å². The van der Waals surface area contributed by atoms with Crippen LogP contribution >= 0.6 is 0 Å². The molecule has 0 radical (unpaired) electrons. The summed E-state index contributed by atoms with van der Waals surface area (Å²) >= 11 is 0. The number of hydrogen-bond acceptors (Lipinski definition) is 4. The molecule has 0 spiro atoms. The molecule has 1 aliphatic heterocycles. The van der Waals surface area contributed by atoms with E-state index < -0.39 is 0 Å². The Morgan fingerprint density at radius 1 is 1.45 bits per heavy atom. The van der Waals surface area contributed by atoms with Crippen molar-refractivity contribution in [1.29, 1.82) is 0 Å². The number of aryl methyl sites for hydroxylation is 2. The van der Waals surface area contributed by atoms with Gasteiger partial charge in [0.05, 0.1) is 11.8 Å². The normalized spacial score (nSPS) is 19.9. The fraction of sp³-hybridized carbons (Fsp3) is 0.800. The Bertz CT molecular complexity index is 441. The first kappa shape index (κ1) is 15.3. The highest BCUT2D eigenvalue weighted by Gasteiger charge is 2.25. The third-order valence-electron chi connectivity index (χ3n) is 4.01. The second kappa shape index (κ2) is 6.59. The first-order chi connectivity index (χ1) is 9.52. The van der Waals surface area contributed by atoms with Crippen molar-refractivity contribution < 1.29 is 4.74 Å². The molecule has 0 amide bonds. The maximum atomic E-state index is 5.54. The molecule has 114 valence electrons. The predicted molar refractivity (Wildman–Crippen MR) is 82.2 cm³/mol. The highest BCUT2D eigenvalue weighted by Crippen LogP contribution is 2.27. The second-order valence-corrected chi connectivity index (χ2v) is 5.99. The zero-order valence-electron chi connectivity index (χ0n) is 13.4. The second-order valence-electron chi connectivity index (χ2n) is 5.99. The maximum Gasteiger partial charge on any atom is 0.131 e. The lowest BCUT2D eigenvalue weighted by Crippen LogP contribution is -2.41. The third kappa shape index (κ3) is 3.33. The lowest BCUT2D eigenvalue weighted by Gasteiger charge is -2.34. The summed E-state index contributed by atoms with van der Waals surface area (Å²) in [6, 6.07) is 0.482. The lowest BCUT2D eigenvalue weighted by atomic mass is 10.1. The molecule has 5 nitrogen and oxygen atoms in total. The largest absolute Gasteiger partial charge is 0.380 e. The highest BCUT2D eigenvalue weighted by atomic mass is 16.5. The zero-order valence-corrected chi connectivity index (χ0v) is 13.4. The number of anilines is 1. The molecule has 1 unspecified atom stereocenters. The summed E-state index contributed by atoms with van der Waals surface area (Å²) in [4.78, 5) is 2.43. The minimum Gasteiger partial charge on any atom is -0.380 e. The zero-order chi connectivity index (χ0) is 14.7. The third-order valence-corrected chi connectivity index (χ3v) is 4.01. The number of hydrogen-bond donors (Lipinski definition) is 1. The molecule has 0 bridgehead atoms. The topological polar surface area (TPSA) is 42.3 Å². The summed E-state index contributed by atoms with van der Waals surface area (Å²) < 4.78 is 7.56.